The van der Waals surface area contributed by atoms with E-state index in [1.54, 1.807) is 6.92 Å². The number of rotatable bonds is 6. The topological polar surface area (TPSA) is 133 Å². The zero-order valence-corrected chi connectivity index (χ0v) is 15.3. The third kappa shape index (κ3) is 5.11. The fourth-order valence-electron chi connectivity index (χ4n) is 2.17. The van der Waals surface area contributed by atoms with Crippen molar-refractivity contribution < 1.29 is 27.7 Å². The van der Waals surface area contributed by atoms with Crippen LogP contribution in [0.5, 0.6) is 0 Å². The number of hydrogen-bond donors (Lipinski definition) is 1. The Kier molecular flexibility index (Phi) is 5.91. The first kappa shape index (κ1) is 20.0. The number of nitrogens with one attached hydrogen (secondary N) is 1. The summed E-state index contributed by atoms with van der Waals surface area (Å²) in [5.41, 5.74) is -0.377. The van der Waals surface area contributed by atoms with Crippen LogP contribution in [0, 0.1) is 10.1 Å². The highest BCUT2D eigenvalue weighted by molar-refractivity contribution is 7.90. The molecule has 9 nitrogen and oxygen atoms in total. The Hall–Kier alpha value is -3.27. The van der Waals surface area contributed by atoms with Gasteiger partial charge in [0.15, 0.2) is 9.84 Å². The van der Waals surface area contributed by atoms with Crippen molar-refractivity contribution in [2.75, 3.05) is 18.2 Å². The van der Waals surface area contributed by atoms with Crippen molar-refractivity contribution in [2.45, 2.75) is 11.8 Å². The largest absolute Gasteiger partial charge is 0.462 e. The minimum Gasteiger partial charge on any atom is -0.462 e. The Morgan fingerprint density at radius 2 is 1.70 bits per heavy atom. The first-order valence-corrected chi connectivity index (χ1v) is 9.59. The molecule has 0 fully saturated rings. The predicted molar refractivity (Wildman–Crippen MR) is 96.6 cm³/mol. The van der Waals surface area contributed by atoms with Gasteiger partial charge in [-0.05, 0) is 37.3 Å². The maximum Gasteiger partial charge on any atom is 0.338 e. The summed E-state index contributed by atoms with van der Waals surface area (Å²) in [5, 5.41) is 13.6. The lowest BCUT2D eigenvalue weighted by atomic mass is 10.1. The number of non-ortho nitro benzene ring substituents is 1. The maximum atomic E-state index is 12.4. The summed E-state index contributed by atoms with van der Waals surface area (Å²) < 4.78 is 27.7. The molecule has 0 radical (unpaired) electrons. The monoisotopic (exact) mass is 392 g/mol. The van der Waals surface area contributed by atoms with Gasteiger partial charge in [0, 0.05) is 29.6 Å². The second-order valence-electron chi connectivity index (χ2n) is 5.50. The van der Waals surface area contributed by atoms with Gasteiger partial charge in [0.05, 0.1) is 22.0 Å². The van der Waals surface area contributed by atoms with Crippen molar-refractivity contribution in [3.05, 3.63) is 63.7 Å². The number of hydrogen-bond acceptors (Lipinski definition) is 7. The molecule has 2 aromatic carbocycles. The van der Waals surface area contributed by atoms with Crippen molar-refractivity contribution in [2.24, 2.45) is 0 Å². The summed E-state index contributed by atoms with van der Waals surface area (Å²) in [7, 11) is -3.38. The van der Waals surface area contributed by atoms with Crippen LogP contribution in [0.2, 0.25) is 0 Å². The SMILES string of the molecule is CCOC(=O)c1cc(C(=O)Nc2ccc(S(C)(=O)=O)cc2)cc([N+](=O)[O-])c1. The molecular formula is C17H16N2O7S. The molecule has 0 spiro atoms. The summed E-state index contributed by atoms with van der Waals surface area (Å²) in [6, 6.07) is 8.66. The molecule has 0 saturated heterocycles. The molecule has 0 bridgehead atoms. The number of ether oxygens (including phenoxy) is 1. The molecule has 10 heteroatoms. The summed E-state index contributed by atoms with van der Waals surface area (Å²) in [4.78, 5) is 34.7. The zero-order chi connectivity index (χ0) is 20.2. The number of esters is 1. The van der Waals surface area contributed by atoms with Crippen LogP contribution >= 0.6 is 0 Å². The molecule has 2 rings (SSSR count). The van der Waals surface area contributed by atoms with E-state index in [1.165, 1.54) is 30.3 Å². The van der Waals surface area contributed by atoms with E-state index in [4.69, 9.17) is 4.74 Å². The minimum absolute atomic E-state index is 0.0791. The average molecular weight is 392 g/mol. The molecule has 2 aromatic rings. The van der Waals surface area contributed by atoms with E-state index in [1.807, 2.05) is 0 Å². The lowest BCUT2D eigenvalue weighted by Crippen LogP contribution is -2.14. The number of nitro groups is 1. The molecule has 0 aliphatic rings. The van der Waals surface area contributed by atoms with Gasteiger partial charge in [-0.15, -0.1) is 0 Å². The predicted octanol–water partition coefficient (Wildman–Crippen LogP) is 2.43. The quantitative estimate of drug-likeness (QED) is 0.453. The molecule has 0 aliphatic heterocycles. The maximum absolute atomic E-state index is 12.4. The smallest absolute Gasteiger partial charge is 0.338 e. The van der Waals surface area contributed by atoms with Crippen LogP contribution in [0.4, 0.5) is 11.4 Å². The number of carbonyl (C=O) groups is 2. The lowest BCUT2D eigenvalue weighted by Gasteiger charge is -2.08. The van der Waals surface area contributed by atoms with Gasteiger partial charge in [-0.25, -0.2) is 13.2 Å². The Bertz CT molecular complexity index is 998. The third-order valence-corrected chi connectivity index (χ3v) is 4.57. The number of anilines is 1. The minimum atomic E-state index is -3.38. The molecule has 0 saturated carbocycles. The first-order chi connectivity index (χ1) is 12.6. The third-order valence-electron chi connectivity index (χ3n) is 3.44. The van der Waals surface area contributed by atoms with Gasteiger partial charge in [0.25, 0.3) is 11.6 Å². The molecule has 0 aliphatic carbocycles. The van der Waals surface area contributed by atoms with E-state index in [2.05, 4.69) is 5.32 Å². The number of nitro benzene ring substituents is 1. The van der Waals surface area contributed by atoms with Crippen molar-refractivity contribution in [3.63, 3.8) is 0 Å². The molecule has 142 valence electrons. The second-order valence-corrected chi connectivity index (χ2v) is 7.51. The standard InChI is InChI=1S/C17H16N2O7S/c1-3-26-17(21)12-8-11(9-14(10-12)19(22)23)16(20)18-13-4-6-15(7-5-13)27(2,24)25/h4-10H,3H2,1-2H3,(H,18,20). The van der Waals surface area contributed by atoms with Gasteiger partial charge in [0.1, 0.15) is 0 Å². The number of nitrogens with zero attached hydrogens (tertiary/aromatic N) is 1. The molecule has 27 heavy (non-hydrogen) atoms. The van der Waals surface area contributed by atoms with Gasteiger partial charge >= 0.3 is 5.97 Å². The molecule has 1 amide bonds. The Balaban J connectivity index is 2.32. The number of sulfone groups is 1. The van der Waals surface area contributed by atoms with Crippen molar-refractivity contribution in [1.82, 2.24) is 0 Å². The Labute approximate surface area is 155 Å². The fraction of sp³-hybridized carbons (Fsp3) is 0.176. The lowest BCUT2D eigenvalue weighted by molar-refractivity contribution is -0.384. The molecule has 0 aromatic heterocycles. The first-order valence-electron chi connectivity index (χ1n) is 7.70. The van der Waals surface area contributed by atoms with Crippen LogP contribution in [-0.2, 0) is 14.6 Å². The van der Waals surface area contributed by atoms with E-state index in [0.29, 0.717) is 0 Å². The zero-order valence-electron chi connectivity index (χ0n) is 14.5. The Morgan fingerprint density at radius 3 is 2.22 bits per heavy atom. The van der Waals surface area contributed by atoms with Gasteiger partial charge < -0.3 is 10.1 Å². The molecular weight excluding hydrogens is 376 g/mol. The van der Waals surface area contributed by atoms with E-state index < -0.39 is 32.3 Å². The Morgan fingerprint density at radius 1 is 1.11 bits per heavy atom. The van der Waals surface area contributed by atoms with E-state index in [-0.39, 0.29) is 28.3 Å². The number of carbonyl (C=O) groups excluding carboxylic acids is 2. The summed E-state index contributed by atoms with van der Waals surface area (Å²) in [5.74, 6) is -1.48. The fourth-order valence-corrected chi connectivity index (χ4v) is 2.80. The van der Waals surface area contributed by atoms with Crippen LogP contribution in [0.1, 0.15) is 27.6 Å². The highest BCUT2D eigenvalue weighted by Crippen LogP contribution is 2.20. The number of benzene rings is 2. The molecule has 0 atom stereocenters. The highest BCUT2D eigenvalue weighted by atomic mass is 32.2. The van der Waals surface area contributed by atoms with Crippen LogP contribution < -0.4 is 5.32 Å². The van der Waals surface area contributed by atoms with E-state index in [0.717, 1.165) is 18.4 Å². The highest BCUT2D eigenvalue weighted by Gasteiger charge is 2.19. The summed E-state index contributed by atoms with van der Waals surface area (Å²) in [6.07, 6.45) is 1.06. The van der Waals surface area contributed by atoms with Gasteiger partial charge in [-0.3, -0.25) is 14.9 Å². The second kappa shape index (κ2) is 7.96. The molecule has 0 heterocycles. The van der Waals surface area contributed by atoms with Gasteiger partial charge in [0.2, 0.25) is 0 Å². The molecule has 1 N–H and O–H groups in total. The molecule has 0 unspecified atom stereocenters. The van der Waals surface area contributed by atoms with E-state index >= 15 is 0 Å². The number of amides is 1. The van der Waals surface area contributed by atoms with Crippen molar-refractivity contribution >= 4 is 33.1 Å². The van der Waals surface area contributed by atoms with Crippen LogP contribution in [0.15, 0.2) is 47.4 Å². The van der Waals surface area contributed by atoms with Crippen molar-refractivity contribution in [1.29, 1.82) is 0 Å². The van der Waals surface area contributed by atoms with E-state index in [9.17, 15) is 28.1 Å². The van der Waals surface area contributed by atoms with Crippen LogP contribution in [0.25, 0.3) is 0 Å². The van der Waals surface area contributed by atoms with Crippen LogP contribution in [0.3, 0.4) is 0 Å². The summed E-state index contributed by atoms with van der Waals surface area (Å²) >= 11 is 0. The average Bonchev–Trinajstić information content (AvgIpc) is 2.61. The normalized spacial score (nSPS) is 10.9. The van der Waals surface area contributed by atoms with Crippen LogP contribution in [-0.4, -0.2) is 38.1 Å². The van der Waals surface area contributed by atoms with Gasteiger partial charge in [-0.1, -0.05) is 0 Å². The van der Waals surface area contributed by atoms with Gasteiger partial charge in [-0.2, -0.15) is 0 Å². The van der Waals surface area contributed by atoms with Crippen molar-refractivity contribution in [3.8, 4) is 0 Å². The summed E-state index contributed by atoms with van der Waals surface area (Å²) in [6.45, 7) is 1.67.